The lowest BCUT2D eigenvalue weighted by Crippen LogP contribution is -2.12. The van der Waals surface area contributed by atoms with E-state index in [0.717, 1.165) is 23.3 Å². The molecule has 0 aliphatic carbocycles. The highest BCUT2D eigenvalue weighted by molar-refractivity contribution is 6.05. The number of carbonyl (C=O) groups excluding carboxylic acids is 1. The Morgan fingerprint density at radius 1 is 1.09 bits per heavy atom. The molecule has 0 saturated heterocycles. The summed E-state index contributed by atoms with van der Waals surface area (Å²) in [4.78, 5) is 12.1. The summed E-state index contributed by atoms with van der Waals surface area (Å²) in [6.07, 6.45) is 1.48. The summed E-state index contributed by atoms with van der Waals surface area (Å²) in [6.45, 7) is 1.96. The number of hydrogen-bond acceptors (Lipinski definition) is 3. The van der Waals surface area contributed by atoms with Crippen molar-refractivity contribution in [2.75, 3.05) is 5.32 Å². The second kappa shape index (κ2) is 6.00. The largest absolute Gasteiger partial charge is 0.338 e. The number of nitrogens with zero attached hydrogens (tertiary/aromatic N) is 1. The minimum Gasteiger partial charge on any atom is -0.338 e. The maximum atomic E-state index is 13.2. The molecular formula is C17H12F2N2O2. The molecule has 4 nitrogen and oxygen atoms in total. The second-order valence-electron chi connectivity index (χ2n) is 5.02. The number of nitrogens with one attached hydrogen (secondary N) is 1. The number of hydrogen-bond donors (Lipinski definition) is 1. The summed E-state index contributed by atoms with van der Waals surface area (Å²) in [5.41, 5.74) is 2.49. The van der Waals surface area contributed by atoms with Crippen LogP contribution in [0.1, 0.15) is 15.9 Å². The first-order valence-electron chi connectivity index (χ1n) is 6.83. The van der Waals surface area contributed by atoms with Gasteiger partial charge in [0.2, 0.25) is 5.88 Å². The van der Waals surface area contributed by atoms with Crippen LogP contribution in [0.2, 0.25) is 0 Å². The van der Waals surface area contributed by atoms with Gasteiger partial charge in [0.1, 0.15) is 0 Å². The topological polar surface area (TPSA) is 55.1 Å². The average Bonchev–Trinajstić information content (AvgIpc) is 2.99. The van der Waals surface area contributed by atoms with E-state index in [0.29, 0.717) is 5.56 Å². The van der Waals surface area contributed by atoms with Gasteiger partial charge in [0.15, 0.2) is 11.6 Å². The molecule has 23 heavy (non-hydrogen) atoms. The molecule has 1 amide bonds. The van der Waals surface area contributed by atoms with Crippen molar-refractivity contribution in [3.05, 3.63) is 71.4 Å². The summed E-state index contributed by atoms with van der Waals surface area (Å²) in [5.74, 6) is -2.58. The van der Waals surface area contributed by atoms with E-state index < -0.39 is 17.5 Å². The van der Waals surface area contributed by atoms with E-state index in [1.807, 2.05) is 31.2 Å². The van der Waals surface area contributed by atoms with Crippen LogP contribution in [-0.2, 0) is 0 Å². The molecule has 1 N–H and O–H groups in total. The molecule has 0 atom stereocenters. The highest BCUT2D eigenvalue weighted by Gasteiger charge is 2.16. The minimum absolute atomic E-state index is 0.0184. The number of aryl methyl sites for hydroxylation is 1. The van der Waals surface area contributed by atoms with Gasteiger partial charge >= 0.3 is 0 Å². The predicted molar refractivity (Wildman–Crippen MR) is 81.0 cm³/mol. The molecule has 0 saturated carbocycles. The van der Waals surface area contributed by atoms with Gasteiger partial charge in [0.05, 0.1) is 11.8 Å². The third-order valence-electron chi connectivity index (χ3n) is 3.34. The molecule has 1 aromatic heterocycles. The van der Waals surface area contributed by atoms with Crippen LogP contribution in [0.5, 0.6) is 0 Å². The van der Waals surface area contributed by atoms with E-state index in [1.54, 1.807) is 0 Å². The molecule has 3 aromatic rings. The third kappa shape index (κ3) is 3.11. The normalized spacial score (nSPS) is 10.6. The van der Waals surface area contributed by atoms with Crippen LogP contribution in [0.4, 0.5) is 14.7 Å². The molecule has 0 radical (unpaired) electrons. The van der Waals surface area contributed by atoms with E-state index >= 15 is 0 Å². The number of benzene rings is 2. The molecule has 1 heterocycles. The lowest BCUT2D eigenvalue weighted by Gasteiger charge is -2.05. The Labute approximate surface area is 130 Å². The van der Waals surface area contributed by atoms with Crippen LogP contribution in [0.15, 0.2) is 53.2 Å². The first kappa shape index (κ1) is 14.9. The minimum atomic E-state index is -1.09. The number of aromatic nitrogens is 1. The maximum Gasteiger partial charge on any atom is 0.258 e. The lowest BCUT2D eigenvalue weighted by atomic mass is 10.1. The van der Waals surface area contributed by atoms with Crippen molar-refractivity contribution < 1.29 is 18.1 Å². The smallest absolute Gasteiger partial charge is 0.258 e. The summed E-state index contributed by atoms with van der Waals surface area (Å²) in [5, 5.41) is 6.18. The zero-order valence-electron chi connectivity index (χ0n) is 12.1. The number of anilines is 1. The van der Waals surface area contributed by atoms with Crippen molar-refractivity contribution in [3.8, 4) is 11.1 Å². The summed E-state index contributed by atoms with van der Waals surface area (Å²) >= 11 is 0. The molecule has 0 bridgehead atoms. The second-order valence-corrected chi connectivity index (χ2v) is 5.02. The van der Waals surface area contributed by atoms with Gasteiger partial charge in [0, 0.05) is 5.56 Å². The summed E-state index contributed by atoms with van der Waals surface area (Å²) < 4.78 is 31.2. The molecular weight excluding hydrogens is 302 g/mol. The monoisotopic (exact) mass is 314 g/mol. The maximum absolute atomic E-state index is 13.2. The van der Waals surface area contributed by atoms with Gasteiger partial charge in [-0.3, -0.25) is 10.1 Å². The Balaban J connectivity index is 1.86. The van der Waals surface area contributed by atoms with Gasteiger partial charge in [-0.1, -0.05) is 35.0 Å². The van der Waals surface area contributed by atoms with Crippen LogP contribution < -0.4 is 5.32 Å². The number of carbonyl (C=O) groups is 1. The van der Waals surface area contributed by atoms with Crippen molar-refractivity contribution in [1.82, 2.24) is 5.16 Å². The predicted octanol–water partition coefficient (Wildman–Crippen LogP) is 4.18. The molecule has 0 fully saturated rings. The Bertz CT molecular complexity index is 857. The van der Waals surface area contributed by atoms with Gasteiger partial charge in [0.25, 0.3) is 5.91 Å². The molecule has 6 heteroatoms. The third-order valence-corrected chi connectivity index (χ3v) is 3.34. The van der Waals surface area contributed by atoms with Crippen LogP contribution >= 0.6 is 0 Å². The van der Waals surface area contributed by atoms with Gasteiger partial charge in [-0.15, -0.1) is 0 Å². The van der Waals surface area contributed by atoms with Gasteiger partial charge in [-0.05, 0) is 30.7 Å². The quantitative estimate of drug-likeness (QED) is 0.789. The van der Waals surface area contributed by atoms with Crippen LogP contribution in [0.3, 0.4) is 0 Å². The van der Waals surface area contributed by atoms with Gasteiger partial charge in [-0.2, -0.15) is 0 Å². The highest BCUT2D eigenvalue weighted by Crippen LogP contribution is 2.28. The summed E-state index contributed by atoms with van der Waals surface area (Å²) in [6, 6.07) is 10.5. The fourth-order valence-corrected chi connectivity index (χ4v) is 2.08. The van der Waals surface area contributed by atoms with Crippen LogP contribution in [-0.4, -0.2) is 11.1 Å². The molecule has 3 rings (SSSR count). The molecule has 0 aliphatic heterocycles. The van der Waals surface area contributed by atoms with Crippen molar-refractivity contribution >= 4 is 11.8 Å². The average molecular weight is 314 g/mol. The Kier molecular flexibility index (Phi) is 3.89. The van der Waals surface area contributed by atoms with Gasteiger partial charge < -0.3 is 4.52 Å². The van der Waals surface area contributed by atoms with Crippen molar-refractivity contribution in [3.63, 3.8) is 0 Å². The number of halogens is 2. The van der Waals surface area contributed by atoms with Crippen molar-refractivity contribution in [2.45, 2.75) is 6.92 Å². The first-order valence-corrected chi connectivity index (χ1v) is 6.83. The standard InChI is InChI=1S/C17H12F2N2O2/c1-10-2-4-11(5-3-10)13-9-20-23-17(13)21-16(22)12-6-7-14(18)15(19)8-12/h2-9H,1H3,(H,21,22). The van der Waals surface area contributed by atoms with Crippen molar-refractivity contribution in [1.29, 1.82) is 0 Å². The number of amides is 1. The van der Waals surface area contributed by atoms with E-state index in [-0.39, 0.29) is 11.4 Å². The van der Waals surface area contributed by atoms with Crippen LogP contribution in [0.25, 0.3) is 11.1 Å². The Morgan fingerprint density at radius 3 is 2.52 bits per heavy atom. The molecule has 0 spiro atoms. The van der Waals surface area contributed by atoms with Crippen molar-refractivity contribution in [2.24, 2.45) is 0 Å². The van der Waals surface area contributed by atoms with E-state index in [1.165, 1.54) is 12.3 Å². The molecule has 2 aromatic carbocycles. The molecule has 0 aliphatic rings. The lowest BCUT2D eigenvalue weighted by molar-refractivity contribution is 0.102. The fraction of sp³-hybridized carbons (Fsp3) is 0.0588. The SMILES string of the molecule is Cc1ccc(-c2cnoc2NC(=O)c2ccc(F)c(F)c2)cc1. The zero-order chi connectivity index (χ0) is 16.4. The van der Waals surface area contributed by atoms with E-state index in [2.05, 4.69) is 10.5 Å². The fourth-order valence-electron chi connectivity index (χ4n) is 2.08. The Hall–Kier alpha value is -3.02. The van der Waals surface area contributed by atoms with E-state index in [9.17, 15) is 13.6 Å². The first-order chi connectivity index (χ1) is 11.0. The molecule has 0 unspecified atom stereocenters. The molecule has 116 valence electrons. The summed E-state index contributed by atoms with van der Waals surface area (Å²) in [7, 11) is 0. The van der Waals surface area contributed by atoms with E-state index in [4.69, 9.17) is 4.52 Å². The van der Waals surface area contributed by atoms with Crippen LogP contribution in [0, 0.1) is 18.6 Å². The zero-order valence-corrected chi connectivity index (χ0v) is 12.1. The number of rotatable bonds is 3. The highest BCUT2D eigenvalue weighted by atomic mass is 19.2. The van der Waals surface area contributed by atoms with Gasteiger partial charge in [-0.25, -0.2) is 8.78 Å². The Morgan fingerprint density at radius 2 is 1.83 bits per heavy atom.